The molecule has 2 rings (SSSR count). The van der Waals surface area contributed by atoms with Gasteiger partial charge in [0.05, 0.1) is 11.6 Å². The molecule has 15 heavy (non-hydrogen) atoms. The lowest BCUT2D eigenvalue weighted by atomic mass is 9.95. The average molecular weight is 212 g/mol. The van der Waals surface area contributed by atoms with Crippen LogP contribution in [0.1, 0.15) is 38.5 Å². The van der Waals surface area contributed by atoms with E-state index in [4.69, 9.17) is 5.73 Å². The van der Waals surface area contributed by atoms with Crippen LogP contribution in [0.5, 0.6) is 0 Å². The van der Waals surface area contributed by atoms with Crippen molar-refractivity contribution in [2.75, 3.05) is 13.1 Å². The molecule has 0 bridgehead atoms. The second-order valence-electron chi connectivity index (χ2n) is 4.91. The quantitative estimate of drug-likeness (QED) is 0.654. The molecule has 1 atom stereocenters. The molecule has 1 aliphatic heterocycles. The van der Waals surface area contributed by atoms with Crippen LogP contribution in [-0.4, -0.2) is 40.6 Å². The predicted octanol–water partition coefficient (Wildman–Crippen LogP) is 0.241. The summed E-state index contributed by atoms with van der Waals surface area (Å²) < 4.78 is 0. The molecule has 1 aliphatic carbocycles. The molecule has 0 aromatic heterocycles. The van der Waals surface area contributed by atoms with E-state index >= 15 is 0 Å². The van der Waals surface area contributed by atoms with Crippen molar-refractivity contribution >= 4 is 5.91 Å². The number of likely N-dealkylation sites (tertiary alicyclic amines) is 1. The van der Waals surface area contributed by atoms with Crippen LogP contribution in [-0.2, 0) is 4.79 Å². The maximum Gasteiger partial charge on any atom is 0.242 e. The number of amides is 1. The molecule has 4 nitrogen and oxygen atoms in total. The van der Waals surface area contributed by atoms with Gasteiger partial charge in [-0.15, -0.1) is 0 Å². The monoisotopic (exact) mass is 212 g/mol. The smallest absolute Gasteiger partial charge is 0.242 e. The lowest BCUT2D eigenvalue weighted by molar-refractivity contribution is -0.139. The Bertz CT molecular complexity index is 249. The molecule has 4 heteroatoms. The normalized spacial score (nSPS) is 30.5. The Hall–Kier alpha value is -0.610. The van der Waals surface area contributed by atoms with Crippen molar-refractivity contribution in [1.82, 2.24) is 4.90 Å². The first-order valence-electron chi connectivity index (χ1n) is 5.88. The Labute approximate surface area is 90.4 Å². The van der Waals surface area contributed by atoms with E-state index in [0.29, 0.717) is 6.54 Å². The number of nitrogens with two attached hydrogens (primary N) is 1. The Morgan fingerprint density at radius 1 is 1.33 bits per heavy atom. The van der Waals surface area contributed by atoms with E-state index in [1.54, 1.807) is 4.90 Å². The Morgan fingerprint density at radius 3 is 2.60 bits per heavy atom. The molecule has 1 heterocycles. The number of rotatable bonds is 1. The van der Waals surface area contributed by atoms with Gasteiger partial charge in [-0.25, -0.2) is 0 Å². The first-order chi connectivity index (χ1) is 7.12. The largest absolute Gasteiger partial charge is 0.391 e. The van der Waals surface area contributed by atoms with E-state index in [1.165, 1.54) is 0 Å². The number of carbonyl (C=O) groups excluding carboxylic acids is 1. The van der Waals surface area contributed by atoms with Gasteiger partial charge in [-0.05, 0) is 25.7 Å². The highest BCUT2D eigenvalue weighted by atomic mass is 16.3. The minimum Gasteiger partial charge on any atom is -0.391 e. The first-order valence-corrected chi connectivity index (χ1v) is 5.88. The molecule has 0 aromatic carbocycles. The fourth-order valence-electron chi connectivity index (χ4n) is 2.67. The summed E-state index contributed by atoms with van der Waals surface area (Å²) in [6, 6.07) is 0. The van der Waals surface area contributed by atoms with E-state index in [9.17, 15) is 9.90 Å². The molecule has 1 saturated heterocycles. The van der Waals surface area contributed by atoms with Crippen LogP contribution in [0.15, 0.2) is 0 Å². The third-order valence-electron chi connectivity index (χ3n) is 3.61. The van der Waals surface area contributed by atoms with Gasteiger partial charge >= 0.3 is 0 Å². The summed E-state index contributed by atoms with van der Waals surface area (Å²) in [5.41, 5.74) is 5.48. The molecule has 3 N–H and O–H groups in total. The number of nitrogens with zero attached hydrogens (tertiary/aromatic N) is 1. The fourth-order valence-corrected chi connectivity index (χ4v) is 2.67. The minimum atomic E-state index is -0.628. The number of aliphatic hydroxyl groups excluding tert-OH is 1. The molecule has 1 amide bonds. The van der Waals surface area contributed by atoms with Gasteiger partial charge in [-0.1, -0.05) is 12.8 Å². The van der Waals surface area contributed by atoms with E-state index in [-0.39, 0.29) is 12.0 Å². The summed E-state index contributed by atoms with van der Waals surface area (Å²) in [6.07, 6.45) is 5.06. The van der Waals surface area contributed by atoms with Crippen LogP contribution in [0.25, 0.3) is 0 Å². The van der Waals surface area contributed by atoms with Crippen molar-refractivity contribution in [2.24, 2.45) is 5.73 Å². The number of hydrogen-bond donors (Lipinski definition) is 2. The topological polar surface area (TPSA) is 66.6 Å². The van der Waals surface area contributed by atoms with Crippen LogP contribution < -0.4 is 5.73 Å². The number of hydrogen-bond acceptors (Lipinski definition) is 3. The highest BCUT2D eigenvalue weighted by molar-refractivity contribution is 5.86. The Kier molecular flexibility index (Phi) is 2.98. The van der Waals surface area contributed by atoms with E-state index < -0.39 is 5.54 Å². The first kappa shape index (κ1) is 10.9. The number of β-amino-alcohol motifs (C(OH)–C–C–N with tert-alkyl or cyclic N) is 1. The standard InChI is InChI=1S/C11H20N2O2/c12-11(5-1-2-6-11)10(15)13-7-3-4-9(14)8-13/h9,14H,1-8,12H2. The van der Waals surface area contributed by atoms with Crippen LogP contribution in [0.3, 0.4) is 0 Å². The third kappa shape index (κ3) is 2.16. The minimum absolute atomic E-state index is 0.0544. The highest BCUT2D eigenvalue weighted by Crippen LogP contribution is 2.29. The zero-order valence-electron chi connectivity index (χ0n) is 9.11. The van der Waals surface area contributed by atoms with Crippen LogP contribution in [0, 0.1) is 0 Å². The third-order valence-corrected chi connectivity index (χ3v) is 3.61. The van der Waals surface area contributed by atoms with E-state index in [2.05, 4.69) is 0 Å². The van der Waals surface area contributed by atoms with Crippen molar-refractivity contribution in [3.63, 3.8) is 0 Å². The van der Waals surface area contributed by atoms with Gasteiger partial charge in [0, 0.05) is 13.1 Å². The summed E-state index contributed by atoms with van der Waals surface area (Å²) >= 11 is 0. The molecule has 0 radical (unpaired) electrons. The molecule has 86 valence electrons. The highest BCUT2D eigenvalue weighted by Gasteiger charge is 2.40. The predicted molar refractivity (Wildman–Crippen MR) is 57.2 cm³/mol. The van der Waals surface area contributed by atoms with Crippen molar-refractivity contribution in [1.29, 1.82) is 0 Å². The van der Waals surface area contributed by atoms with Crippen molar-refractivity contribution in [2.45, 2.75) is 50.2 Å². The molecule has 1 saturated carbocycles. The summed E-state index contributed by atoms with van der Waals surface area (Å²) in [5, 5.41) is 9.52. The van der Waals surface area contributed by atoms with Gasteiger partial charge in [-0.3, -0.25) is 4.79 Å². The maximum atomic E-state index is 12.2. The van der Waals surface area contributed by atoms with Crippen molar-refractivity contribution < 1.29 is 9.90 Å². The SMILES string of the molecule is NC1(C(=O)N2CCCC(O)C2)CCCC1. The number of carbonyl (C=O) groups is 1. The van der Waals surface area contributed by atoms with Gasteiger partial charge in [0.2, 0.25) is 5.91 Å². The van der Waals surface area contributed by atoms with Crippen LogP contribution in [0.4, 0.5) is 0 Å². The molecule has 2 aliphatic rings. The van der Waals surface area contributed by atoms with E-state index in [1.807, 2.05) is 0 Å². The molecule has 0 aromatic rings. The molecular weight excluding hydrogens is 192 g/mol. The second kappa shape index (κ2) is 4.10. The van der Waals surface area contributed by atoms with Crippen LogP contribution >= 0.6 is 0 Å². The molecule has 2 fully saturated rings. The maximum absolute atomic E-state index is 12.2. The Morgan fingerprint density at radius 2 is 2.00 bits per heavy atom. The molecular formula is C11H20N2O2. The summed E-state index contributed by atoms with van der Waals surface area (Å²) in [5.74, 6) is 0.0544. The fraction of sp³-hybridized carbons (Fsp3) is 0.909. The Balaban J connectivity index is 2.00. The van der Waals surface area contributed by atoms with Gasteiger partial charge in [0.1, 0.15) is 0 Å². The van der Waals surface area contributed by atoms with E-state index in [0.717, 1.165) is 45.1 Å². The summed E-state index contributed by atoms with van der Waals surface area (Å²) in [6.45, 7) is 1.23. The number of piperidine rings is 1. The average Bonchev–Trinajstić information content (AvgIpc) is 2.65. The zero-order chi connectivity index (χ0) is 10.9. The van der Waals surface area contributed by atoms with Crippen molar-refractivity contribution in [3.8, 4) is 0 Å². The van der Waals surface area contributed by atoms with Gasteiger partial charge in [-0.2, -0.15) is 0 Å². The van der Waals surface area contributed by atoms with Crippen LogP contribution in [0.2, 0.25) is 0 Å². The zero-order valence-corrected chi connectivity index (χ0v) is 9.11. The second-order valence-corrected chi connectivity index (χ2v) is 4.91. The lowest BCUT2D eigenvalue weighted by Gasteiger charge is -2.35. The number of aliphatic hydroxyl groups is 1. The molecule has 1 unspecified atom stereocenters. The van der Waals surface area contributed by atoms with Crippen molar-refractivity contribution in [3.05, 3.63) is 0 Å². The van der Waals surface area contributed by atoms with Gasteiger partial charge < -0.3 is 15.7 Å². The lowest BCUT2D eigenvalue weighted by Crippen LogP contribution is -2.56. The summed E-state index contributed by atoms with van der Waals surface area (Å²) in [4.78, 5) is 13.9. The summed E-state index contributed by atoms with van der Waals surface area (Å²) in [7, 11) is 0. The molecule has 0 spiro atoms. The van der Waals surface area contributed by atoms with Gasteiger partial charge in [0.15, 0.2) is 0 Å². The van der Waals surface area contributed by atoms with Gasteiger partial charge in [0.25, 0.3) is 0 Å².